The monoisotopic (exact) mass is 212 g/mol. The second-order valence-electron chi connectivity index (χ2n) is 3.96. The van der Waals surface area contributed by atoms with Crippen molar-refractivity contribution in [2.24, 2.45) is 0 Å². The molecule has 2 unspecified atom stereocenters. The first-order valence-electron chi connectivity index (χ1n) is 5.54. The fraction of sp³-hybridized carbons (Fsp3) is 0.909. The van der Waals surface area contributed by atoms with Crippen LogP contribution in [0.25, 0.3) is 0 Å². The maximum atomic E-state index is 9.17. The van der Waals surface area contributed by atoms with Crippen LogP contribution < -0.4 is 5.32 Å². The molecule has 14 heavy (non-hydrogen) atoms. The van der Waals surface area contributed by atoms with E-state index in [-0.39, 0.29) is 5.54 Å². The Morgan fingerprint density at radius 2 is 2.36 bits per heavy atom. The second kappa shape index (κ2) is 5.63. The van der Waals surface area contributed by atoms with E-state index in [1.54, 1.807) is 0 Å². The molecule has 0 aromatic heterocycles. The number of nitrogens with zero attached hydrogens (tertiary/aromatic N) is 1. The fourth-order valence-corrected chi connectivity index (χ4v) is 3.32. The van der Waals surface area contributed by atoms with Crippen LogP contribution in [0.5, 0.6) is 0 Å². The summed E-state index contributed by atoms with van der Waals surface area (Å²) in [5.41, 5.74) is -0.208. The summed E-state index contributed by atoms with van der Waals surface area (Å²) in [5, 5.41) is 13.2. The highest BCUT2D eigenvalue weighted by Crippen LogP contribution is 2.36. The molecule has 3 heteroatoms. The van der Waals surface area contributed by atoms with E-state index in [9.17, 15) is 0 Å². The summed E-state index contributed by atoms with van der Waals surface area (Å²) in [4.78, 5) is 0. The normalized spacial score (nSPS) is 31.6. The smallest absolute Gasteiger partial charge is 0.107 e. The third-order valence-corrected chi connectivity index (χ3v) is 4.27. The van der Waals surface area contributed by atoms with E-state index in [0.717, 1.165) is 19.4 Å². The molecule has 0 aromatic carbocycles. The number of hydrogen-bond acceptors (Lipinski definition) is 3. The van der Waals surface area contributed by atoms with Crippen molar-refractivity contribution in [2.45, 2.75) is 50.3 Å². The highest BCUT2D eigenvalue weighted by molar-refractivity contribution is 7.99. The first-order chi connectivity index (χ1) is 6.76. The predicted molar refractivity (Wildman–Crippen MR) is 62.4 cm³/mol. The molecule has 1 N–H and O–H groups in total. The lowest BCUT2D eigenvalue weighted by Crippen LogP contribution is -2.41. The van der Waals surface area contributed by atoms with Gasteiger partial charge in [0.05, 0.1) is 6.07 Å². The van der Waals surface area contributed by atoms with Crippen LogP contribution in [0.2, 0.25) is 0 Å². The quantitative estimate of drug-likeness (QED) is 0.761. The van der Waals surface area contributed by atoms with Crippen molar-refractivity contribution >= 4 is 11.8 Å². The standard InChI is InChI=1S/C11H20N2S/c1-3-7-14-10-5-6-11(8-10,9-12)13-4-2/h10,13H,3-8H2,1-2H3. The van der Waals surface area contributed by atoms with Crippen LogP contribution in [0.15, 0.2) is 0 Å². The van der Waals surface area contributed by atoms with Crippen LogP contribution in [-0.2, 0) is 0 Å². The third kappa shape index (κ3) is 2.90. The molecule has 80 valence electrons. The van der Waals surface area contributed by atoms with Crippen molar-refractivity contribution < 1.29 is 0 Å². The molecule has 0 amide bonds. The van der Waals surface area contributed by atoms with Crippen LogP contribution in [0.4, 0.5) is 0 Å². The zero-order valence-corrected chi connectivity index (χ0v) is 9.99. The summed E-state index contributed by atoms with van der Waals surface area (Å²) < 4.78 is 0. The van der Waals surface area contributed by atoms with E-state index in [1.807, 2.05) is 11.8 Å². The Kier molecular flexibility index (Phi) is 4.77. The molecule has 1 fully saturated rings. The van der Waals surface area contributed by atoms with Crippen LogP contribution in [0.3, 0.4) is 0 Å². The summed E-state index contributed by atoms with van der Waals surface area (Å²) in [5.74, 6) is 1.23. The van der Waals surface area contributed by atoms with Gasteiger partial charge < -0.3 is 0 Å². The third-order valence-electron chi connectivity index (χ3n) is 2.76. The first kappa shape index (κ1) is 11.9. The average Bonchev–Trinajstić information content (AvgIpc) is 2.60. The minimum Gasteiger partial charge on any atom is -0.300 e. The van der Waals surface area contributed by atoms with Gasteiger partial charge in [0.2, 0.25) is 0 Å². The molecule has 2 atom stereocenters. The van der Waals surface area contributed by atoms with Gasteiger partial charge in [0.15, 0.2) is 0 Å². The van der Waals surface area contributed by atoms with E-state index in [4.69, 9.17) is 5.26 Å². The molecule has 0 aliphatic heterocycles. The van der Waals surface area contributed by atoms with Crippen molar-refractivity contribution in [1.29, 1.82) is 5.26 Å². The Hall–Kier alpha value is -0.200. The first-order valence-corrected chi connectivity index (χ1v) is 6.59. The van der Waals surface area contributed by atoms with Gasteiger partial charge in [-0.05, 0) is 38.0 Å². The highest BCUT2D eigenvalue weighted by Gasteiger charge is 2.38. The minimum absolute atomic E-state index is 0.208. The fourth-order valence-electron chi connectivity index (χ4n) is 2.07. The number of nitriles is 1. The van der Waals surface area contributed by atoms with E-state index < -0.39 is 0 Å². The molecule has 0 spiro atoms. The summed E-state index contributed by atoms with van der Waals surface area (Å²) >= 11 is 2.04. The van der Waals surface area contributed by atoms with E-state index in [2.05, 4.69) is 25.2 Å². The minimum atomic E-state index is -0.208. The van der Waals surface area contributed by atoms with Gasteiger partial charge in [-0.15, -0.1) is 0 Å². The summed E-state index contributed by atoms with van der Waals surface area (Å²) in [6.07, 6.45) is 4.49. The van der Waals surface area contributed by atoms with Crippen molar-refractivity contribution in [3.63, 3.8) is 0 Å². The Labute approximate surface area is 91.4 Å². The number of thioether (sulfide) groups is 1. The number of nitrogens with one attached hydrogen (secondary N) is 1. The Bertz CT molecular complexity index is 212. The van der Waals surface area contributed by atoms with Gasteiger partial charge in [0.1, 0.15) is 5.54 Å². The topological polar surface area (TPSA) is 35.8 Å². The lowest BCUT2D eigenvalue weighted by atomic mass is 10.0. The lowest BCUT2D eigenvalue weighted by molar-refractivity contribution is 0.436. The van der Waals surface area contributed by atoms with Crippen molar-refractivity contribution in [2.75, 3.05) is 12.3 Å². The molecule has 0 radical (unpaired) electrons. The van der Waals surface area contributed by atoms with Crippen LogP contribution >= 0.6 is 11.8 Å². The highest BCUT2D eigenvalue weighted by atomic mass is 32.2. The summed E-state index contributed by atoms with van der Waals surface area (Å²) in [7, 11) is 0. The van der Waals surface area contributed by atoms with Gasteiger partial charge in [0, 0.05) is 5.25 Å². The van der Waals surface area contributed by atoms with Gasteiger partial charge in [-0.25, -0.2) is 0 Å². The average molecular weight is 212 g/mol. The number of rotatable bonds is 5. The van der Waals surface area contributed by atoms with Crippen LogP contribution in [-0.4, -0.2) is 23.1 Å². The van der Waals surface area contributed by atoms with Crippen molar-refractivity contribution in [1.82, 2.24) is 5.32 Å². The Balaban J connectivity index is 2.41. The summed E-state index contributed by atoms with van der Waals surface area (Å²) in [6.45, 7) is 5.19. The molecular weight excluding hydrogens is 192 g/mol. The second-order valence-corrected chi connectivity index (χ2v) is 5.37. The van der Waals surface area contributed by atoms with Gasteiger partial charge >= 0.3 is 0 Å². The van der Waals surface area contributed by atoms with Crippen molar-refractivity contribution in [3.8, 4) is 6.07 Å². The largest absolute Gasteiger partial charge is 0.300 e. The van der Waals surface area contributed by atoms with E-state index >= 15 is 0 Å². The van der Waals surface area contributed by atoms with E-state index in [1.165, 1.54) is 18.6 Å². The van der Waals surface area contributed by atoms with Crippen molar-refractivity contribution in [3.05, 3.63) is 0 Å². The van der Waals surface area contributed by atoms with Gasteiger partial charge in [-0.3, -0.25) is 5.32 Å². The molecule has 1 aliphatic rings. The summed E-state index contributed by atoms with van der Waals surface area (Å²) in [6, 6.07) is 2.46. The van der Waals surface area contributed by atoms with Gasteiger partial charge in [0.25, 0.3) is 0 Å². The molecule has 0 aromatic rings. The molecule has 0 heterocycles. The molecule has 2 nitrogen and oxygen atoms in total. The molecule has 1 aliphatic carbocycles. The Morgan fingerprint density at radius 1 is 1.57 bits per heavy atom. The maximum Gasteiger partial charge on any atom is 0.107 e. The molecule has 1 saturated carbocycles. The molecular formula is C11H20N2S. The molecule has 0 saturated heterocycles. The van der Waals surface area contributed by atoms with Crippen LogP contribution in [0, 0.1) is 11.3 Å². The predicted octanol–water partition coefficient (Wildman–Crippen LogP) is 2.55. The molecule has 1 rings (SSSR count). The zero-order chi connectivity index (χ0) is 10.4. The lowest BCUT2D eigenvalue weighted by Gasteiger charge is -2.21. The van der Waals surface area contributed by atoms with Gasteiger partial charge in [-0.1, -0.05) is 13.8 Å². The maximum absolute atomic E-state index is 9.17. The Morgan fingerprint density at radius 3 is 2.93 bits per heavy atom. The van der Waals surface area contributed by atoms with Gasteiger partial charge in [-0.2, -0.15) is 17.0 Å². The van der Waals surface area contributed by atoms with E-state index in [0.29, 0.717) is 5.25 Å². The zero-order valence-electron chi connectivity index (χ0n) is 9.18. The SMILES string of the molecule is CCCSC1CCC(C#N)(NCC)C1. The van der Waals surface area contributed by atoms with Crippen LogP contribution in [0.1, 0.15) is 39.5 Å². The number of hydrogen-bond donors (Lipinski definition) is 1. The molecule has 0 bridgehead atoms.